The maximum absolute atomic E-state index is 10.7. The lowest BCUT2D eigenvalue weighted by molar-refractivity contribution is 0.679. The third-order valence-corrected chi connectivity index (χ3v) is 1.99. The van der Waals surface area contributed by atoms with Gasteiger partial charge in [-0.3, -0.25) is 4.21 Å². The summed E-state index contributed by atoms with van der Waals surface area (Å²) in [5.74, 6) is 0. The first-order valence-corrected chi connectivity index (χ1v) is 4.86. The number of hydrogen-bond acceptors (Lipinski definition) is 3. The Morgan fingerprint density at radius 2 is 2.00 bits per heavy atom. The highest BCUT2D eigenvalue weighted by molar-refractivity contribution is 9.10. The molecule has 0 saturated heterocycles. The molecule has 0 aliphatic heterocycles. The van der Waals surface area contributed by atoms with Crippen molar-refractivity contribution in [2.75, 3.05) is 6.26 Å². The second-order valence-corrected chi connectivity index (χ2v) is 3.83. The van der Waals surface area contributed by atoms with Crippen molar-refractivity contribution >= 4 is 26.7 Å². The molecule has 0 fully saturated rings. The monoisotopic (exact) mass is 220 g/mol. The van der Waals surface area contributed by atoms with Crippen LogP contribution in [0.5, 0.6) is 0 Å². The smallest absolute Gasteiger partial charge is 0.218 e. The summed E-state index contributed by atoms with van der Waals surface area (Å²) in [6.45, 7) is 0. The third-order valence-electron chi connectivity index (χ3n) is 0.854. The fourth-order valence-electron chi connectivity index (χ4n) is 0.449. The lowest BCUT2D eigenvalue weighted by Crippen LogP contribution is -1.94. The molecule has 0 amide bonds. The number of hydrogen-bond donors (Lipinski definition) is 0. The molecule has 0 unspecified atom stereocenters. The predicted molar refractivity (Wildman–Crippen MR) is 42.1 cm³/mol. The van der Waals surface area contributed by atoms with Gasteiger partial charge in [-0.25, -0.2) is 9.97 Å². The quantitative estimate of drug-likeness (QED) is 0.664. The van der Waals surface area contributed by atoms with E-state index in [9.17, 15) is 4.21 Å². The van der Waals surface area contributed by atoms with Crippen molar-refractivity contribution in [2.24, 2.45) is 0 Å². The van der Waals surface area contributed by atoms with Crippen LogP contribution in [0.1, 0.15) is 0 Å². The summed E-state index contributed by atoms with van der Waals surface area (Å²) in [6.07, 6.45) is 4.69. The first-order chi connectivity index (χ1) is 4.70. The summed E-state index contributed by atoms with van der Waals surface area (Å²) >= 11 is 3.17. The summed E-state index contributed by atoms with van der Waals surface area (Å²) in [6, 6.07) is 0. The molecular formula is C5H5BrN2OS. The average Bonchev–Trinajstić information content (AvgIpc) is 1.88. The minimum Gasteiger partial charge on any atom is -0.251 e. The van der Waals surface area contributed by atoms with Crippen molar-refractivity contribution in [3.05, 3.63) is 16.9 Å². The zero-order valence-electron chi connectivity index (χ0n) is 5.24. The second kappa shape index (κ2) is 3.21. The molecule has 1 aromatic rings. The van der Waals surface area contributed by atoms with Crippen molar-refractivity contribution in [3.63, 3.8) is 0 Å². The van der Waals surface area contributed by atoms with Gasteiger partial charge in [0.2, 0.25) is 5.16 Å². The highest BCUT2D eigenvalue weighted by Crippen LogP contribution is 2.05. The van der Waals surface area contributed by atoms with Crippen LogP contribution in [0.2, 0.25) is 0 Å². The second-order valence-electron chi connectivity index (χ2n) is 1.64. The van der Waals surface area contributed by atoms with Crippen LogP contribution < -0.4 is 0 Å². The Morgan fingerprint density at radius 1 is 1.50 bits per heavy atom. The standard InChI is InChI=1S/C5H5BrN2OS/c1-10(9)5-7-2-4(6)3-8-5/h2-3H,1H3/t10-/m0/s1. The maximum Gasteiger partial charge on any atom is 0.218 e. The molecule has 1 atom stereocenters. The van der Waals surface area contributed by atoms with Crippen LogP contribution in [0.4, 0.5) is 0 Å². The Balaban J connectivity index is 3.00. The van der Waals surface area contributed by atoms with Gasteiger partial charge in [-0.2, -0.15) is 0 Å². The third kappa shape index (κ3) is 1.85. The number of nitrogens with zero attached hydrogens (tertiary/aromatic N) is 2. The zero-order chi connectivity index (χ0) is 7.56. The van der Waals surface area contributed by atoms with Gasteiger partial charge in [0.15, 0.2) is 0 Å². The van der Waals surface area contributed by atoms with E-state index in [1.54, 1.807) is 18.6 Å². The van der Waals surface area contributed by atoms with E-state index in [1.165, 1.54) is 0 Å². The van der Waals surface area contributed by atoms with Gasteiger partial charge in [-0.1, -0.05) is 0 Å². The van der Waals surface area contributed by atoms with Gasteiger partial charge >= 0.3 is 0 Å². The van der Waals surface area contributed by atoms with Crippen molar-refractivity contribution in [2.45, 2.75) is 5.16 Å². The van der Waals surface area contributed by atoms with Crippen LogP contribution in [0, 0.1) is 0 Å². The minimum atomic E-state index is -1.08. The Morgan fingerprint density at radius 3 is 2.40 bits per heavy atom. The molecule has 0 N–H and O–H groups in total. The van der Waals surface area contributed by atoms with Crippen LogP contribution in [0.15, 0.2) is 22.0 Å². The highest BCUT2D eigenvalue weighted by atomic mass is 79.9. The van der Waals surface area contributed by atoms with Gasteiger partial charge in [0, 0.05) is 18.6 Å². The van der Waals surface area contributed by atoms with Gasteiger partial charge in [-0.15, -0.1) is 0 Å². The largest absolute Gasteiger partial charge is 0.251 e. The summed E-state index contributed by atoms with van der Waals surface area (Å²) < 4.78 is 11.5. The molecule has 0 spiro atoms. The molecule has 0 aliphatic carbocycles. The minimum absolute atomic E-state index is 0.364. The molecule has 0 aromatic carbocycles. The van der Waals surface area contributed by atoms with E-state index in [1.807, 2.05) is 0 Å². The normalized spacial score (nSPS) is 13.0. The van der Waals surface area contributed by atoms with Crippen molar-refractivity contribution in [1.29, 1.82) is 0 Å². The number of halogens is 1. The lowest BCUT2D eigenvalue weighted by Gasteiger charge is -1.91. The molecule has 0 bridgehead atoms. The Hall–Kier alpha value is -0.290. The molecule has 1 aromatic heterocycles. The summed E-state index contributed by atoms with van der Waals surface area (Å²) in [5, 5.41) is 0.364. The zero-order valence-corrected chi connectivity index (χ0v) is 7.65. The van der Waals surface area contributed by atoms with Gasteiger partial charge in [0.1, 0.15) is 0 Å². The summed E-state index contributed by atoms with van der Waals surface area (Å²) in [7, 11) is -1.08. The van der Waals surface area contributed by atoms with E-state index in [4.69, 9.17) is 0 Å². The Labute approximate surface area is 69.5 Å². The van der Waals surface area contributed by atoms with E-state index in [0.29, 0.717) is 5.16 Å². The molecule has 3 nitrogen and oxygen atoms in total. The fourth-order valence-corrected chi connectivity index (χ4v) is 1.06. The molecule has 1 rings (SSSR count). The van der Waals surface area contributed by atoms with Crippen LogP contribution >= 0.6 is 15.9 Å². The van der Waals surface area contributed by atoms with Gasteiger partial charge in [0.25, 0.3) is 0 Å². The Kier molecular flexibility index (Phi) is 2.50. The summed E-state index contributed by atoms with van der Waals surface area (Å²) in [5.41, 5.74) is 0. The first kappa shape index (κ1) is 7.81. The van der Waals surface area contributed by atoms with Crippen molar-refractivity contribution in [1.82, 2.24) is 9.97 Å². The van der Waals surface area contributed by atoms with E-state index in [2.05, 4.69) is 25.9 Å². The van der Waals surface area contributed by atoms with Crippen LogP contribution in [0.3, 0.4) is 0 Å². The van der Waals surface area contributed by atoms with E-state index in [0.717, 1.165) is 4.47 Å². The van der Waals surface area contributed by atoms with Gasteiger partial charge in [0.05, 0.1) is 15.3 Å². The van der Waals surface area contributed by atoms with Crippen LogP contribution in [-0.2, 0) is 10.8 Å². The van der Waals surface area contributed by atoms with Gasteiger partial charge in [-0.05, 0) is 15.9 Å². The summed E-state index contributed by atoms with van der Waals surface area (Å²) in [4.78, 5) is 7.64. The molecule has 0 saturated carbocycles. The molecule has 0 radical (unpaired) electrons. The number of rotatable bonds is 1. The fraction of sp³-hybridized carbons (Fsp3) is 0.200. The molecule has 0 aliphatic rings. The SMILES string of the molecule is C[S@](=O)c1ncc(Br)cn1. The van der Waals surface area contributed by atoms with Crippen LogP contribution in [-0.4, -0.2) is 20.4 Å². The van der Waals surface area contributed by atoms with E-state index in [-0.39, 0.29) is 0 Å². The topological polar surface area (TPSA) is 42.9 Å². The number of aromatic nitrogens is 2. The highest BCUT2D eigenvalue weighted by Gasteiger charge is 1.97. The van der Waals surface area contributed by atoms with Gasteiger partial charge < -0.3 is 0 Å². The first-order valence-electron chi connectivity index (χ1n) is 2.51. The van der Waals surface area contributed by atoms with Crippen molar-refractivity contribution in [3.8, 4) is 0 Å². The average molecular weight is 221 g/mol. The van der Waals surface area contributed by atoms with E-state index < -0.39 is 10.8 Å². The lowest BCUT2D eigenvalue weighted by atomic mass is 10.7. The molecule has 5 heteroatoms. The van der Waals surface area contributed by atoms with Crippen molar-refractivity contribution < 1.29 is 4.21 Å². The predicted octanol–water partition coefficient (Wildman–Crippen LogP) is 0.977. The molecular weight excluding hydrogens is 216 g/mol. The van der Waals surface area contributed by atoms with E-state index >= 15 is 0 Å². The maximum atomic E-state index is 10.7. The van der Waals surface area contributed by atoms with Crippen LogP contribution in [0.25, 0.3) is 0 Å². The Bertz CT molecular complexity index is 248. The molecule has 1 heterocycles. The molecule has 10 heavy (non-hydrogen) atoms. The molecule has 54 valence electrons.